The van der Waals surface area contributed by atoms with Crippen LogP contribution in [0.1, 0.15) is 31.2 Å². The number of carbonyl (C=O) groups excluding carboxylic acids is 3. The van der Waals surface area contributed by atoms with E-state index in [1.807, 2.05) is 54.2 Å². The van der Waals surface area contributed by atoms with Crippen molar-refractivity contribution in [3.05, 3.63) is 48.0 Å². The summed E-state index contributed by atoms with van der Waals surface area (Å²) in [6, 6.07) is 13.5. The first-order valence-corrected chi connectivity index (χ1v) is 12.0. The molecule has 0 aromatic heterocycles. The van der Waals surface area contributed by atoms with E-state index in [2.05, 4.69) is 21.4 Å². The van der Waals surface area contributed by atoms with E-state index in [0.717, 1.165) is 41.4 Å². The third kappa shape index (κ3) is 5.16. The van der Waals surface area contributed by atoms with Crippen LogP contribution in [-0.4, -0.2) is 47.0 Å². The topological polar surface area (TPSA) is 125 Å². The van der Waals surface area contributed by atoms with Crippen molar-refractivity contribution in [2.45, 2.75) is 55.5 Å². The fourth-order valence-corrected chi connectivity index (χ4v) is 6.08. The zero-order valence-electron chi connectivity index (χ0n) is 17.8. The lowest BCUT2D eigenvalue weighted by atomic mass is 9.98. The lowest BCUT2D eigenvalue weighted by molar-refractivity contribution is -0.129. The number of nitrogens with two attached hydrogens (primary N) is 1. The van der Waals surface area contributed by atoms with Crippen LogP contribution in [0.25, 0.3) is 10.8 Å². The molecule has 32 heavy (non-hydrogen) atoms. The van der Waals surface area contributed by atoms with Gasteiger partial charge >= 0.3 is 6.03 Å². The van der Waals surface area contributed by atoms with Crippen molar-refractivity contribution >= 4 is 40.4 Å². The van der Waals surface area contributed by atoms with Crippen LogP contribution in [0.2, 0.25) is 0 Å². The Balaban J connectivity index is 1.28. The Bertz CT molecular complexity index is 995. The van der Waals surface area contributed by atoms with Gasteiger partial charge in [-0.25, -0.2) is 10.6 Å². The van der Waals surface area contributed by atoms with E-state index in [-0.39, 0.29) is 24.0 Å². The summed E-state index contributed by atoms with van der Waals surface area (Å²) >= 11 is 1.87. The van der Waals surface area contributed by atoms with Crippen molar-refractivity contribution in [1.29, 1.82) is 0 Å². The molecule has 0 saturated carbocycles. The van der Waals surface area contributed by atoms with Gasteiger partial charge in [-0.15, -0.1) is 0 Å². The molecule has 2 aromatic rings. The molecule has 170 valence electrons. The highest BCUT2D eigenvalue weighted by Gasteiger charge is 2.42. The number of fused-ring (bicyclic) bond motifs is 2. The van der Waals surface area contributed by atoms with Crippen molar-refractivity contribution in [2.24, 2.45) is 5.84 Å². The molecular weight excluding hydrogens is 426 g/mol. The highest BCUT2D eigenvalue weighted by Crippen LogP contribution is 2.33. The molecule has 8 nitrogen and oxygen atoms in total. The molecule has 2 aliphatic heterocycles. The summed E-state index contributed by atoms with van der Waals surface area (Å²) in [6.07, 6.45) is 3.28. The summed E-state index contributed by atoms with van der Waals surface area (Å²) in [7, 11) is 0. The zero-order valence-corrected chi connectivity index (χ0v) is 18.6. The van der Waals surface area contributed by atoms with E-state index < -0.39 is 11.9 Å². The quantitative estimate of drug-likeness (QED) is 0.129. The first kappa shape index (κ1) is 22.4. The zero-order chi connectivity index (χ0) is 22.5. The Labute approximate surface area is 191 Å². The number of carbonyl (C=O) groups is 3. The number of hydrogen-bond acceptors (Lipinski definition) is 5. The summed E-state index contributed by atoms with van der Waals surface area (Å²) in [4.78, 5) is 36.4. The maximum atomic E-state index is 12.5. The number of hydrogen-bond donors (Lipinski definition) is 5. The number of thioether (sulfide) groups is 1. The first-order valence-electron chi connectivity index (χ1n) is 11.0. The van der Waals surface area contributed by atoms with Crippen LogP contribution in [0.15, 0.2) is 42.5 Å². The minimum atomic E-state index is -0.732. The van der Waals surface area contributed by atoms with Crippen LogP contribution in [0.5, 0.6) is 0 Å². The van der Waals surface area contributed by atoms with Gasteiger partial charge in [-0.2, -0.15) is 11.8 Å². The van der Waals surface area contributed by atoms with Crippen LogP contribution in [0.3, 0.4) is 0 Å². The van der Waals surface area contributed by atoms with Gasteiger partial charge in [0, 0.05) is 23.8 Å². The number of benzene rings is 2. The summed E-state index contributed by atoms with van der Waals surface area (Å²) in [5, 5.41) is 11.3. The summed E-state index contributed by atoms with van der Waals surface area (Å²) in [5.41, 5.74) is 3.15. The van der Waals surface area contributed by atoms with Crippen LogP contribution in [0.4, 0.5) is 4.79 Å². The van der Waals surface area contributed by atoms with Crippen molar-refractivity contribution in [3.8, 4) is 0 Å². The van der Waals surface area contributed by atoms with E-state index in [1.54, 1.807) is 0 Å². The van der Waals surface area contributed by atoms with Crippen LogP contribution >= 0.6 is 11.8 Å². The van der Waals surface area contributed by atoms with E-state index >= 15 is 0 Å². The second-order valence-electron chi connectivity index (χ2n) is 8.34. The van der Waals surface area contributed by atoms with Crippen LogP contribution in [-0.2, 0) is 16.0 Å². The molecule has 2 saturated heterocycles. The molecule has 9 heteroatoms. The van der Waals surface area contributed by atoms with Crippen molar-refractivity contribution < 1.29 is 14.4 Å². The second-order valence-corrected chi connectivity index (χ2v) is 9.61. The number of nitrogens with one attached hydrogen (secondary N) is 4. The van der Waals surface area contributed by atoms with Crippen LogP contribution < -0.4 is 27.2 Å². The first-order chi connectivity index (χ1) is 15.5. The van der Waals surface area contributed by atoms with Crippen molar-refractivity contribution in [2.75, 3.05) is 5.75 Å². The molecule has 4 rings (SSSR count). The number of urea groups is 1. The van der Waals surface area contributed by atoms with Crippen molar-refractivity contribution in [1.82, 2.24) is 21.4 Å². The summed E-state index contributed by atoms with van der Waals surface area (Å²) < 4.78 is 0. The molecule has 4 atom stereocenters. The molecule has 4 amide bonds. The van der Waals surface area contributed by atoms with Crippen LogP contribution in [0, 0.1) is 0 Å². The molecule has 2 aliphatic rings. The lowest BCUT2D eigenvalue weighted by Crippen LogP contribution is -2.50. The minimum Gasteiger partial charge on any atom is -0.344 e. The fraction of sp³-hybridized carbons (Fsp3) is 0.435. The van der Waals surface area contributed by atoms with Gasteiger partial charge in [0.05, 0.1) is 12.1 Å². The standard InChI is InChI=1S/C23H29N5O3S/c24-28-22(30)17(12-15-8-5-7-14-6-1-2-9-16(14)15)25-20(29)11-4-3-10-19-21-18(13-32-19)26-23(31)27-21/h1-2,5-9,17-19,21H,3-4,10-13,24H2,(H,25,29)(H,28,30)(H2,26,27,31)/t17?,18-,19-,21-/m0/s1. The van der Waals surface area contributed by atoms with E-state index in [0.29, 0.717) is 18.1 Å². The Morgan fingerprint density at radius 1 is 1.12 bits per heavy atom. The highest BCUT2D eigenvalue weighted by atomic mass is 32.2. The number of hydrazine groups is 1. The lowest BCUT2D eigenvalue weighted by Gasteiger charge is -2.19. The Hall–Kier alpha value is -2.78. The second kappa shape index (κ2) is 10.2. The third-order valence-electron chi connectivity index (χ3n) is 6.18. The van der Waals surface area contributed by atoms with Gasteiger partial charge in [0.2, 0.25) is 5.91 Å². The molecule has 0 aliphatic carbocycles. The molecule has 6 N–H and O–H groups in total. The number of rotatable bonds is 9. The van der Waals surface area contributed by atoms with Crippen molar-refractivity contribution in [3.63, 3.8) is 0 Å². The smallest absolute Gasteiger partial charge is 0.315 e. The van der Waals surface area contributed by atoms with Gasteiger partial charge in [0.1, 0.15) is 6.04 Å². The van der Waals surface area contributed by atoms with Gasteiger partial charge in [-0.3, -0.25) is 15.0 Å². The normalized spacial score (nSPS) is 22.7. The van der Waals surface area contributed by atoms with E-state index in [1.165, 1.54) is 0 Å². The van der Waals surface area contributed by atoms with Gasteiger partial charge in [-0.1, -0.05) is 48.9 Å². The van der Waals surface area contributed by atoms with E-state index in [4.69, 9.17) is 5.84 Å². The molecule has 2 heterocycles. The monoisotopic (exact) mass is 455 g/mol. The molecule has 0 bridgehead atoms. The summed E-state index contributed by atoms with van der Waals surface area (Å²) in [6.45, 7) is 0. The molecular formula is C23H29N5O3S. The average Bonchev–Trinajstić information content (AvgIpc) is 3.35. The summed E-state index contributed by atoms with van der Waals surface area (Å²) in [5.74, 6) is 5.73. The Morgan fingerprint density at radius 3 is 2.78 bits per heavy atom. The molecule has 2 fully saturated rings. The third-order valence-corrected chi connectivity index (χ3v) is 7.69. The predicted molar refractivity (Wildman–Crippen MR) is 126 cm³/mol. The minimum absolute atomic E-state index is 0.0832. The Kier molecular flexibility index (Phi) is 7.16. The van der Waals surface area contributed by atoms with Gasteiger partial charge in [-0.05, 0) is 29.2 Å². The van der Waals surface area contributed by atoms with E-state index in [9.17, 15) is 14.4 Å². The number of amides is 4. The SMILES string of the molecule is NNC(=O)C(Cc1cccc2ccccc12)NC(=O)CCCC[C@@H]1SC[C@@H]2NC(=O)N[C@@H]21. The average molecular weight is 456 g/mol. The van der Waals surface area contributed by atoms with Gasteiger partial charge < -0.3 is 16.0 Å². The predicted octanol–water partition coefficient (Wildman–Crippen LogP) is 1.58. The number of unbranched alkanes of at least 4 members (excludes halogenated alkanes) is 1. The highest BCUT2D eigenvalue weighted by molar-refractivity contribution is 8.00. The molecule has 0 radical (unpaired) electrons. The maximum absolute atomic E-state index is 12.5. The Morgan fingerprint density at radius 2 is 1.94 bits per heavy atom. The largest absolute Gasteiger partial charge is 0.344 e. The molecule has 2 aromatic carbocycles. The van der Waals surface area contributed by atoms with Gasteiger partial charge in [0.25, 0.3) is 5.91 Å². The fourth-order valence-electron chi connectivity index (χ4n) is 4.54. The molecule has 0 spiro atoms. The maximum Gasteiger partial charge on any atom is 0.315 e. The van der Waals surface area contributed by atoms with Gasteiger partial charge in [0.15, 0.2) is 0 Å². The molecule has 1 unspecified atom stereocenters.